The van der Waals surface area contributed by atoms with Crippen molar-refractivity contribution in [2.75, 3.05) is 6.54 Å². The van der Waals surface area contributed by atoms with Crippen LogP contribution in [0.4, 0.5) is 0 Å². The number of benzene rings is 1. The van der Waals surface area contributed by atoms with Gasteiger partial charge in [-0.25, -0.2) is 0 Å². The largest absolute Gasteiger partial charge is 0.508 e. The first-order valence-electron chi connectivity index (χ1n) is 8.19. The quantitative estimate of drug-likeness (QED) is 0.705. The third kappa shape index (κ3) is 4.52. The molecule has 1 aliphatic rings. The fourth-order valence-corrected chi connectivity index (χ4v) is 2.91. The Bertz CT molecular complexity index is 396. The molecule has 1 fully saturated rings. The highest BCUT2D eigenvalue weighted by molar-refractivity contribution is 5.26. The van der Waals surface area contributed by atoms with E-state index < -0.39 is 0 Å². The van der Waals surface area contributed by atoms with Gasteiger partial charge >= 0.3 is 0 Å². The molecule has 112 valence electrons. The number of phenolic OH excluding ortho intramolecular Hbond substituents is 1. The van der Waals surface area contributed by atoms with Gasteiger partial charge in [-0.2, -0.15) is 0 Å². The Balaban J connectivity index is 2.03. The number of rotatable bonds is 9. The highest BCUT2D eigenvalue weighted by atomic mass is 16.3. The van der Waals surface area contributed by atoms with E-state index in [2.05, 4.69) is 31.3 Å². The molecule has 1 aromatic rings. The second-order valence-electron chi connectivity index (χ2n) is 6.46. The Morgan fingerprint density at radius 2 is 1.90 bits per heavy atom. The molecule has 1 aliphatic carbocycles. The van der Waals surface area contributed by atoms with Crippen LogP contribution in [0.2, 0.25) is 0 Å². The second-order valence-corrected chi connectivity index (χ2v) is 6.46. The van der Waals surface area contributed by atoms with Crippen molar-refractivity contribution in [3.8, 4) is 5.75 Å². The molecule has 2 N–H and O–H groups in total. The van der Waals surface area contributed by atoms with Crippen molar-refractivity contribution in [1.29, 1.82) is 0 Å². The fourth-order valence-electron chi connectivity index (χ4n) is 2.91. The molecule has 2 nitrogen and oxygen atoms in total. The molecule has 1 unspecified atom stereocenters. The third-order valence-electron chi connectivity index (χ3n) is 4.67. The summed E-state index contributed by atoms with van der Waals surface area (Å²) in [7, 11) is 0. The predicted molar refractivity (Wildman–Crippen MR) is 85.1 cm³/mol. The number of hydrogen-bond donors (Lipinski definition) is 2. The van der Waals surface area contributed by atoms with Crippen molar-refractivity contribution in [3.63, 3.8) is 0 Å². The summed E-state index contributed by atoms with van der Waals surface area (Å²) in [5.41, 5.74) is 1.72. The molecule has 1 saturated carbocycles. The minimum atomic E-state index is 0.362. The molecule has 0 amide bonds. The maximum Gasteiger partial charge on any atom is 0.115 e. The second kappa shape index (κ2) is 7.12. The summed E-state index contributed by atoms with van der Waals surface area (Å²) in [5, 5.41) is 13.2. The molecule has 0 saturated heterocycles. The van der Waals surface area contributed by atoms with Crippen molar-refractivity contribution in [3.05, 3.63) is 29.8 Å². The van der Waals surface area contributed by atoms with Crippen LogP contribution < -0.4 is 5.32 Å². The number of unbranched alkanes of at least 4 members (excludes halogenated alkanes) is 1. The monoisotopic (exact) mass is 275 g/mol. The zero-order chi connectivity index (χ0) is 14.4. The molecule has 0 aromatic heterocycles. The molecular formula is C18H29NO. The summed E-state index contributed by atoms with van der Waals surface area (Å²) in [6, 6.07) is 8.54. The van der Waals surface area contributed by atoms with Gasteiger partial charge in [-0.1, -0.05) is 38.8 Å². The first-order valence-corrected chi connectivity index (χ1v) is 8.19. The molecular weight excluding hydrogens is 246 g/mol. The Hall–Kier alpha value is -1.02. The third-order valence-corrected chi connectivity index (χ3v) is 4.67. The molecule has 1 aromatic carbocycles. The van der Waals surface area contributed by atoms with Gasteiger partial charge in [0.1, 0.15) is 5.75 Å². The van der Waals surface area contributed by atoms with E-state index in [0.29, 0.717) is 11.2 Å². The highest BCUT2D eigenvalue weighted by Gasteiger charge is 2.31. The van der Waals surface area contributed by atoms with Crippen molar-refractivity contribution in [2.45, 2.75) is 64.8 Å². The summed E-state index contributed by atoms with van der Waals surface area (Å²) < 4.78 is 0. The van der Waals surface area contributed by atoms with Gasteiger partial charge in [-0.05, 0) is 55.2 Å². The van der Waals surface area contributed by atoms with Crippen LogP contribution in [0.3, 0.4) is 0 Å². The van der Waals surface area contributed by atoms with Crippen LogP contribution in [0.25, 0.3) is 0 Å². The van der Waals surface area contributed by atoms with Crippen LogP contribution in [-0.2, 0) is 6.42 Å². The van der Waals surface area contributed by atoms with E-state index in [1.54, 1.807) is 0 Å². The lowest BCUT2D eigenvalue weighted by Crippen LogP contribution is -2.37. The van der Waals surface area contributed by atoms with Gasteiger partial charge in [0.15, 0.2) is 0 Å². The topological polar surface area (TPSA) is 32.3 Å². The summed E-state index contributed by atoms with van der Waals surface area (Å²) in [6.07, 6.45) is 8.90. The zero-order valence-corrected chi connectivity index (χ0v) is 13.0. The Morgan fingerprint density at radius 1 is 1.20 bits per heavy atom. The van der Waals surface area contributed by atoms with Crippen LogP contribution >= 0.6 is 0 Å². The average Bonchev–Trinajstić information content (AvgIpc) is 3.29. The Kier molecular flexibility index (Phi) is 5.47. The standard InChI is InChI=1S/C18H29NO/c1-3-5-12-18(4-2,14-19-16-8-9-16)13-15-6-10-17(20)11-7-15/h6-7,10-11,16,19-20H,3-5,8-9,12-14H2,1-2H3. The van der Waals surface area contributed by atoms with Gasteiger partial charge in [-0.3, -0.25) is 0 Å². The van der Waals surface area contributed by atoms with Gasteiger partial charge in [0.25, 0.3) is 0 Å². The number of nitrogens with one attached hydrogen (secondary N) is 1. The lowest BCUT2D eigenvalue weighted by Gasteiger charge is -2.34. The molecule has 2 rings (SSSR count). The lowest BCUT2D eigenvalue weighted by molar-refractivity contribution is 0.228. The molecule has 1 atom stereocenters. The summed E-state index contributed by atoms with van der Waals surface area (Å²) in [4.78, 5) is 0. The molecule has 0 aliphatic heterocycles. The van der Waals surface area contributed by atoms with Crippen LogP contribution in [0.1, 0.15) is 57.9 Å². The predicted octanol–water partition coefficient (Wildman–Crippen LogP) is 4.27. The van der Waals surface area contributed by atoms with Crippen molar-refractivity contribution < 1.29 is 5.11 Å². The van der Waals surface area contributed by atoms with Gasteiger partial charge in [0, 0.05) is 12.6 Å². The maximum atomic E-state index is 9.43. The highest BCUT2D eigenvalue weighted by Crippen LogP contribution is 2.34. The first kappa shape index (κ1) is 15.4. The molecule has 2 heteroatoms. The van der Waals surface area contributed by atoms with E-state index in [4.69, 9.17) is 0 Å². The van der Waals surface area contributed by atoms with E-state index >= 15 is 0 Å². The van der Waals surface area contributed by atoms with Crippen molar-refractivity contribution in [2.24, 2.45) is 5.41 Å². The van der Waals surface area contributed by atoms with E-state index in [0.717, 1.165) is 19.0 Å². The van der Waals surface area contributed by atoms with Gasteiger partial charge in [-0.15, -0.1) is 0 Å². The van der Waals surface area contributed by atoms with Gasteiger partial charge in [0.05, 0.1) is 0 Å². The van der Waals surface area contributed by atoms with Crippen LogP contribution in [0.5, 0.6) is 5.75 Å². The average molecular weight is 275 g/mol. The molecule has 0 heterocycles. The normalized spacial score (nSPS) is 17.9. The molecule has 0 radical (unpaired) electrons. The molecule has 0 bridgehead atoms. The number of phenols is 1. The minimum Gasteiger partial charge on any atom is -0.508 e. The molecule has 0 spiro atoms. The van der Waals surface area contributed by atoms with E-state index in [1.807, 2.05) is 12.1 Å². The van der Waals surface area contributed by atoms with Crippen LogP contribution in [-0.4, -0.2) is 17.7 Å². The van der Waals surface area contributed by atoms with Gasteiger partial charge in [0.2, 0.25) is 0 Å². The number of hydrogen-bond acceptors (Lipinski definition) is 2. The summed E-state index contributed by atoms with van der Waals surface area (Å²) >= 11 is 0. The Labute approximate surface area is 123 Å². The SMILES string of the molecule is CCCCC(CC)(CNC1CC1)Cc1ccc(O)cc1. The first-order chi connectivity index (χ1) is 9.67. The van der Waals surface area contributed by atoms with Crippen LogP contribution in [0, 0.1) is 5.41 Å². The Morgan fingerprint density at radius 3 is 2.45 bits per heavy atom. The van der Waals surface area contributed by atoms with E-state index in [9.17, 15) is 5.11 Å². The van der Waals surface area contributed by atoms with E-state index in [-0.39, 0.29) is 0 Å². The summed E-state index contributed by atoms with van der Waals surface area (Å²) in [6.45, 7) is 5.73. The lowest BCUT2D eigenvalue weighted by atomic mass is 9.75. The molecule has 20 heavy (non-hydrogen) atoms. The van der Waals surface area contributed by atoms with Crippen molar-refractivity contribution >= 4 is 0 Å². The zero-order valence-electron chi connectivity index (χ0n) is 13.0. The summed E-state index contributed by atoms with van der Waals surface area (Å²) in [5.74, 6) is 0.362. The van der Waals surface area contributed by atoms with E-state index in [1.165, 1.54) is 44.1 Å². The minimum absolute atomic E-state index is 0.362. The van der Waals surface area contributed by atoms with Gasteiger partial charge < -0.3 is 10.4 Å². The number of aromatic hydroxyl groups is 1. The van der Waals surface area contributed by atoms with Crippen LogP contribution in [0.15, 0.2) is 24.3 Å². The smallest absolute Gasteiger partial charge is 0.115 e. The van der Waals surface area contributed by atoms with Crippen molar-refractivity contribution in [1.82, 2.24) is 5.32 Å². The fraction of sp³-hybridized carbons (Fsp3) is 0.667. The maximum absolute atomic E-state index is 9.43.